The van der Waals surface area contributed by atoms with Crippen molar-refractivity contribution in [2.75, 3.05) is 13.7 Å². The molecule has 0 saturated carbocycles. The van der Waals surface area contributed by atoms with Crippen molar-refractivity contribution in [3.05, 3.63) is 76.9 Å². The number of likely N-dealkylation sites (tertiary alicyclic amines) is 1. The van der Waals surface area contributed by atoms with Gasteiger partial charge in [0.15, 0.2) is 0 Å². The van der Waals surface area contributed by atoms with Crippen molar-refractivity contribution in [2.45, 2.75) is 39.2 Å². The van der Waals surface area contributed by atoms with Gasteiger partial charge in [0.05, 0.1) is 24.5 Å². The van der Waals surface area contributed by atoms with Gasteiger partial charge in [-0.05, 0) is 59.6 Å². The van der Waals surface area contributed by atoms with E-state index in [0.29, 0.717) is 19.3 Å². The Labute approximate surface area is 212 Å². The number of aliphatic hydroxyl groups is 2. The van der Waals surface area contributed by atoms with Gasteiger partial charge in [-0.1, -0.05) is 68.0 Å². The van der Waals surface area contributed by atoms with Gasteiger partial charge in [-0.15, -0.1) is 0 Å². The third-order valence-corrected chi connectivity index (χ3v) is 7.64. The SMILES string of the molecule is CC(C)C1=C([C@H](O)CC/C(=C/c2cccc(O)c2)c2ccccc2)[C@H](CO)[C@@H]2C(=O)N(C)C(=O)[C@@H]2C1. The standard InChI is InChI=1S/C30H35NO5/c1-18(2)23-16-24-28(30(36)31(3)29(24)35)25(17-32)27(23)26(34)13-12-21(20-9-5-4-6-10-20)14-19-8-7-11-22(33)15-19/h4-11,14-15,18,24-26,28,32-34H,12-13,16-17H2,1-3H3/b21-14-/t24-,25+,26-,28-/m1/s1. The summed E-state index contributed by atoms with van der Waals surface area (Å²) in [4.78, 5) is 26.8. The van der Waals surface area contributed by atoms with Crippen molar-refractivity contribution in [1.29, 1.82) is 0 Å². The van der Waals surface area contributed by atoms with E-state index in [1.165, 1.54) is 11.9 Å². The van der Waals surface area contributed by atoms with Crippen LogP contribution in [0.2, 0.25) is 0 Å². The molecule has 3 N–H and O–H groups in total. The highest BCUT2D eigenvalue weighted by Crippen LogP contribution is 2.47. The van der Waals surface area contributed by atoms with Crippen molar-refractivity contribution in [3.63, 3.8) is 0 Å². The molecular weight excluding hydrogens is 454 g/mol. The molecular formula is C30H35NO5. The first-order chi connectivity index (χ1) is 17.2. The van der Waals surface area contributed by atoms with Crippen LogP contribution in [0, 0.1) is 23.7 Å². The number of benzene rings is 2. The molecule has 1 heterocycles. The highest BCUT2D eigenvalue weighted by molar-refractivity contribution is 6.05. The highest BCUT2D eigenvalue weighted by Gasteiger charge is 2.53. The predicted molar refractivity (Wildman–Crippen MR) is 139 cm³/mol. The molecule has 2 aliphatic rings. The van der Waals surface area contributed by atoms with Gasteiger partial charge in [0.1, 0.15) is 5.75 Å². The Bertz CT molecular complexity index is 1180. The second-order valence-electron chi connectivity index (χ2n) is 10.2. The average Bonchev–Trinajstić information content (AvgIpc) is 3.09. The summed E-state index contributed by atoms with van der Waals surface area (Å²) in [5, 5.41) is 31.8. The van der Waals surface area contributed by atoms with Crippen molar-refractivity contribution in [2.24, 2.45) is 23.7 Å². The van der Waals surface area contributed by atoms with Crippen LogP contribution in [0.15, 0.2) is 65.7 Å². The number of carbonyl (C=O) groups is 2. The maximum absolute atomic E-state index is 12.9. The molecule has 0 spiro atoms. The van der Waals surface area contributed by atoms with Crippen molar-refractivity contribution < 1.29 is 24.9 Å². The molecule has 6 nitrogen and oxygen atoms in total. The Morgan fingerprint density at radius 1 is 1.08 bits per heavy atom. The zero-order valence-corrected chi connectivity index (χ0v) is 21.1. The number of imide groups is 1. The van der Waals surface area contributed by atoms with Crippen LogP contribution in [0.1, 0.15) is 44.2 Å². The van der Waals surface area contributed by atoms with Gasteiger partial charge in [0.25, 0.3) is 0 Å². The molecule has 0 radical (unpaired) electrons. The van der Waals surface area contributed by atoms with E-state index < -0.39 is 23.9 Å². The minimum Gasteiger partial charge on any atom is -0.508 e. The fourth-order valence-electron chi connectivity index (χ4n) is 5.82. The van der Waals surface area contributed by atoms with Crippen molar-refractivity contribution in [1.82, 2.24) is 4.90 Å². The number of hydrogen-bond acceptors (Lipinski definition) is 5. The second-order valence-corrected chi connectivity index (χ2v) is 10.2. The van der Waals surface area contributed by atoms with Crippen LogP contribution in [0.25, 0.3) is 11.6 Å². The first kappa shape index (κ1) is 25.9. The average molecular weight is 490 g/mol. The largest absolute Gasteiger partial charge is 0.508 e. The Morgan fingerprint density at radius 2 is 1.81 bits per heavy atom. The van der Waals surface area contributed by atoms with E-state index in [1.807, 2.05) is 56.3 Å². The topological polar surface area (TPSA) is 98.1 Å². The summed E-state index contributed by atoms with van der Waals surface area (Å²) in [7, 11) is 1.50. The lowest BCUT2D eigenvalue weighted by molar-refractivity contribution is -0.138. The predicted octanol–water partition coefficient (Wildman–Crippen LogP) is 4.27. The fourth-order valence-corrected chi connectivity index (χ4v) is 5.82. The molecule has 2 aromatic carbocycles. The first-order valence-electron chi connectivity index (χ1n) is 12.6. The van der Waals surface area contributed by atoms with E-state index in [2.05, 4.69) is 0 Å². The van der Waals surface area contributed by atoms with Gasteiger partial charge in [-0.2, -0.15) is 0 Å². The summed E-state index contributed by atoms with van der Waals surface area (Å²) in [5.41, 5.74) is 4.57. The van der Waals surface area contributed by atoms with Crippen LogP contribution in [-0.4, -0.2) is 51.8 Å². The Kier molecular flexibility index (Phi) is 7.76. The fraction of sp³-hybridized carbons (Fsp3) is 0.400. The van der Waals surface area contributed by atoms with Crippen molar-refractivity contribution >= 4 is 23.5 Å². The molecule has 4 rings (SSSR count). The lowest BCUT2D eigenvalue weighted by atomic mass is 9.66. The molecule has 1 aliphatic heterocycles. The van der Waals surface area contributed by atoms with Gasteiger partial charge in [0, 0.05) is 13.0 Å². The summed E-state index contributed by atoms with van der Waals surface area (Å²) < 4.78 is 0. The summed E-state index contributed by atoms with van der Waals surface area (Å²) in [5.74, 6) is -1.88. The molecule has 1 saturated heterocycles. The number of phenolic OH excluding ortho intramolecular Hbond substituents is 1. The smallest absolute Gasteiger partial charge is 0.233 e. The van der Waals surface area contributed by atoms with Gasteiger partial charge in [-0.3, -0.25) is 14.5 Å². The minimum absolute atomic E-state index is 0.0786. The van der Waals surface area contributed by atoms with Crippen LogP contribution >= 0.6 is 0 Å². The van der Waals surface area contributed by atoms with E-state index in [0.717, 1.165) is 27.8 Å². The number of phenols is 1. The Hall–Kier alpha value is -3.22. The Balaban J connectivity index is 1.65. The molecule has 36 heavy (non-hydrogen) atoms. The number of nitrogens with zero attached hydrogens (tertiary/aromatic N) is 1. The zero-order valence-electron chi connectivity index (χ0n) is 21.1. The lowest BCUT2D eigenvalue weighted by Gasteiger charge is -2.38. The minimum atomic E-state index is -0.856. The number of aromatic hydroxyl groups is 1. The normalized spacial score (nSPS) is 23.4. The summed E-state index contributed by atoms with van der Waals surface area (Å²) >= 11 is 0. The van der Waals surface area contributed by atoms with Gasteiger partial charge >= 0.3 is 0 Å². The first-order valence-corrected chi connectivity index (χ1v) is 12.6. The maximum atomic E-state index is 12.9. The molecule has 6 heteroatoms. The molecule has 1 aliphatic carbocycles. The number of carbonyl (C=O) groups excluding carboxylic acids is 2. The van der Waals surface area contributed by atoms with Gasteiger partial charge in [0.2, 0.25) is 11.8 Å². The molecule has 0 aromatic heterocycles. The molecule has 190 valence electrons. The number of hydrogen-bond donors (Lipinski definition) is 3. The number of rotatable bonds is 8. The molecule has 1 fully saturated rings. The monoisotopic (exact) mass is 489 g/mol. The maximum Gasteiger partial charge on any atom is 0.233 e. The van der Waals surface area contributed by atoms with Gasteiger partial charge < -0.3 is 15.3 Å². The zero-order chi connectivity index (χ0) is 26.0. The molecule has 0 unspecified atom stereocenters. The quantitative estimate of drug-likeness (QED) is 0.292. The summed E-state index contributed by atoms with van der Waals surface area (Å²) in [6, 6.07) is 16.9. The number of allylic oxidation sites excluding steroid dienone is 2. The lowest BCUT2D eigenvalue weighted by Crippen LogP contribution is -2.39. The van der Waals surface area contributed by atoms with E-state index in [-0.39, 0.29) is 30.1 Å². The van der Waals surface area contributed by atoms with E-state index in [9.17, 15) is 24.9 Å². The molecule has 4 atom stereocenters. The Morgan fingerprint density at radius 3 is 2.44 bits per heavy atom. The summed E-state index contributed by atoms with van der Waals surface area (Å²) in [6.07, 6.45) is 2.54. The van der Waals surface area contributed by atoms with E-state index in [4.69, 9.17) is 0 Å². The molecule has 2 amide bonds. The van der Waals surface area contributed by atoms with Gasteiger partial charge in [-0.25, -0.2) is 0 Å². The van der Waals surface area contributed by atoms with Crippen molar-refractivity contribution in [3.8, 4) is 5.75 Å². The second kappa shape index (κ2) is 10.8. The third-order valence-electron chi connectivity index (χ3n) is 7.64. The number of amides is 2. The van der Waals surface area contributed by atoms with Crippen LogP contribution in [-0.2, 0) is 9.59 Å². The summed E-state index contributed by atoms with van der Waals surface area (Å²) in [6.45, 7) is 3.76. The third kappa shape index (κ3) is 5.01. The van der Waals surface area contributed by atoms with Crippen LogP contribution < -0.4 is 0 Å². The highest BCUT2D eigenvalue weighted by atomic mass is 16.3. The van der Waals surface area contributed by atoms with Crippen LogP contribution in [0.4, 0.5) is 0 Å². The van der Waals surface area contributed by atoms with Crippen LogP contribution in [0.3, 0.4) is 0 Å². The van der Waals surface area contributed by atoms with E-state index >= 15 is 0 Å². The van der Waals surface area contributed by atoms with Crippen LogP contribution in [0.5, 0.6) is 5.75 Å². The molecule has 0 bridgehead atoms. The molecule has 2 aromatic rings. The number of aliphatic hydroxyl groups excluding tert-OH is 2. The van der Waals surface area contributed by atoms with E-state index in [1.54, 1.807) is 18.2 Å². The number of fused-ring (bicyclic) bond motifs is 1.